The number of carbonyl (C=O) groups excluding carboxylic acids is 1. The molecule has 3 rings (SSSR count). The number of anilines is 2. The Morgan fingerprint density at radius 1 is 1.28 bits per heavy atom. The van der Waals surface area contributed by atoms with E-state index < -0.39 is 0 Å². The molecule has 2 N–H and O–H groups in total. The van der Waals surface area contributed by atoms with Gasteiger partial charge in [-0.2, -0.15) is 5.26 Å². The summed E-state index contributed by atoms with van der Waals surface area (Å²) in [6.07, 6.45) is 2.05. The summed E-state index contributed by atoms with van der Waals surface area (Å²) in [6, 6.07) is 13.5. The van der Waals surface area contributed by atoms with Crippen molar-refractivity contribution in [2.45, 2.75) is 18.9 Å². The molecule has 1 fully saturated rings. The Hall–Kier alpha value is -3.14. The van der Waals surface area contributed by atoms with Crippen LogP contribution in [0.3, 0.4) is 0 Å². The first-order valence-corrected chi connectivity index (χ1v) is 8.27. The number of nitriles is 1. The van der Waals surface area contributed by atoms with Crippen molar-refractivity contribution in [2.75, 3.05) is 30.4 Å². The lowest BCUT2D eigenvalue weighted by atomic mass is 10.0. The van der Waals surface area contributed by atoms with Gasteiger partial charge in [-0.3, -0.25) is 4.79 Å². The standard InChI is InChI=1S/C18H20N6O/c1-20-18(25)15-8-9-17(23-22-15)21-14-6-4-10-24(12-14)16-7-3-2-5-13(16)11-19/h2-3,5,7-9,14H,4,6,10,12H2,1H3,(H,20,25)(H,21,23). The van der Waals surface area contributed by atoms with Gasteiger partial charge in [-0.1, -0.05) is 12.1 Å². The topological polar surface area (TPSA) is 93.9 Å². The van der Waals surface area contributed by atoms with Gasteiger partial charge in [0.05, 0.1) is 11.3 Å². The first-order valence-electron chi connectivity index (χ1n) is 8.27. The SMILES string of the molecule is CNC(=O)c1ccc(NC2CCCN(c3ccccc3C#N)C2)nn1. The summed E-state index contributed by atoms with van der Waals surface area (Å²) in [7, 11) is 1.56. The molecule has 1 unspecified atom stereocenters. The fourth-order valence-corrected chi connectivity index (χ4v) is 3.03. The van der Waals surface area contributed by atoms with Gasteiger partial charge in [-0.15, -0.1) is 10.2 Å². The molecule has 0 spiro atoms. The highest BCUT2D eigenvalue weighted by Gasteiger charge is 2.22. The van der Waals surface area contributed by atoms with E-state index in [1.807, 2.05) is 24.3 Å². The zero-order chi connectivity index (χ0) is 17.6. The first-order chi connectivity index (χ1) is 12.2. The average molecular weight is 336 g/mol. The van der Waals surface area contributed by atoms with E-state index in [1.54, 1.807) is 19.2 Å². The van der Waals surface area contributed by atoms with E-state index in [4.69, 9.17) is 0 Å². The lowest BCUT2D eigenvalue weighted by Crippen LogP contribution is -2.42. The van der Waals surface area contributed by atoms with Gasteiger partial charge in [0.1, 0.15) is 11.9 Å². The van der Waals surface area contributed by atoms with Crippen molar-refractivity contribution in [1.29, 1.82) is 5.26 Å². The Labute approximate surface area is 146 Å². The number of hydrogen-bond acceptors (Lipinski definition) is 6. The summed E-state index contributed by atoms with van der Waals surface area (Å²) in [4.78, 5) is 13.7. The summed E-state index contributed by atoms with van der Waals surface area (Å²) in [5, 5.41) is 23.2. The highest BCUT2D eigenvalue weighted by atomic mass is 16.1. The molecule has 1 aliphatic rings. The van der Waals surface area contributed by atoms with Gasteiger partial charge in [0.2, 0.25) is 0 Å². The third kappa shape index (κ3) is 3.86. The van der Waals surface area contributed by atoms with Gasteiger partial charge >= 0.3 is 0 Å². The highest BCUT2D eigenvalue weighted by molar-refractivity contribution is 5.91. The van der Waals surface area contributed by atoms with E-state index in [2.05, 4.69) is 31.8 Å². The number of nitrogens with zero attached hydrogens (tertiary/aromatic N) is 4. The first kappa shape index (κ1) is 16.7. The number of nitrogens with one attached hydrogen (secondary N) is 2. The molecule has 128 valence electrons. The molecule has 1 saturated heterocycles. The highest BCUT2D eigenvalue weighted by Crippen LogP contribution is 2.24. The number of piperidine rings is 1. The minimum atomic E-state index is -0.254. The third-order valence-electron chi connectivity index (χ3n) is 4.26. The molecule has 1 aliphatic heterocycles. The number of hydrogen-bond donors (Lipinski definition) is 2. The van der Waals surface area contributed by atoms with Crippen LogP contribution in [0.15, 0.2) is 36.4 Å². The summed E-state index contributed by atoms with van der Waals surface area (Å²) >= 11 is 0. The Morgan fingerprint density at radius 3 is 2.84 bits per heavy atom. The zero-order valence-electron chi connectivity index (χ0n) is 14.1. The largest absolute Gasteiger partial charge is 0.368 e. The van der Waals surface area contributed by atoms with E-state index in [0.29, 0.717) is 17.1 Å². The predicted molar refractivity (Wildman–Crippen MR) is 95.4 cm³/mol. The molecule has 0 saturated carbocycles. The van der Waals surface area contributed by atoms with Crippen molar-refractivity contribution >= 4 is 17.4 Å². The van der Waals surface area contributed by atoms with Crippen molar-refractivity contribution < 1.29 is 4.79 Å². The molecule has 2 heterocycles. The quantitative estimate of drug-likeness (QED) is 0.884. The number of benzene rings is 1. The summed E-state index contributed by atoms with van der Waals surface area (Å²) in [5.41, 5.74) is 1.96. The maximum absolute atomic E-state index is 11.5. The van der Waals surface area contributed by atoms with Crippen molar-refractivity contribution in [3.8, 4) is 6.07 Å². The number of carbonyl (C=O) groups is 1. The van der Waals surface area contributed by atoms with Crippen molar-refractivity contribution in [1.82, 2.24) is 15.5 Å². The number of aromatic nitrogens is 2. The summed E-state index contributed by atoms with van der Waals surface area (Å²) in [6.45, 7) is 1.72. The lowest BCUT2D eigenvalue weighted by Gasteiger charge is -2.35. The van der Waals surface area contributed by atoms with Crippen LogP contribution in [0.2, 0.25) is 0 Å². The van der Waals surface area contributed by atoms with Crippen LogP contribution in [0.5, 0.6) is 0 Å². The van der Waals surface area contributed by atoms with Gasteiger partial charge in [0, 0.05) is 26.2 Å². The van der Waals surface area contributed by atoms with Crippen LogP contribution in [0.1, 0.15) is 28.9 Å². The number of rotatable bonds is 4. The molecule has 1 aromatic heterocycles. The van der Waals surface area contributed by atoms with Gasteiger partial charge in [0.15, 0.2) is 5.69 Å². The fraction of sp³-hybridized carbons (Fsp3) is 0.333. The minimum Gasteiger partial charge on any atom is -0.368 e. The smallest absolute Gasteiger partial charge is 0.271 e. The normalized spacial score (nSPS) is 16.8. The van der Waals surface area contributed by atoms with Crippen LogP contribution < -0.4 is 15.5 Å². The van der Waals surface area contributed by atoms with Gasteiger partial charge < -0.3 is 15.5 Å². The fourth-order valence-electron chi connectivity index (χ4n) is 3.03. The maximum Gasteiger partial charge on any atom is 0.271 e. The zero-order valence-corrected chi connectivity index (χ0v) is 14.1. The molecule has 2 aromatic rings. The molecule has 7 nitrogen and oxygen atoms in total. The molecule has 1 amide bonds. The average Bonchev–Trinajstić information content (AvgIpc) is 2.68. The van der Waals surface area contributed by atoms with E-state index in [0.717, 1.165) is 31.6 Å². The molecule has 7 heteroatoms. The number of amides is 1. The minimum absolute atomic E-state index is 0.209. The van der Waals surface area contributed by atoms with Crippen molar-refractivity contribution in [3.63, 3.8) is 0 Å². The maximum atomic E-state index is 11.5. The number of para-hydroxylation sites is 1. The van der Waals surface area contributed by atoms with Crippen LogP contribution >= 0.6 is 0 Å². The molecule has 0 aliphatic carbocycles. The molecule has 1 aromatic carbocycles. The van der Waals surface area contributed by atoms with Crippen LogP contribution in [0.4, 0.5) is 11.5 Å². The van der Waals surface area contributed by atoms with Gasteiger partial charge in [-0.05, 0) is 37.1 Å². The Morgan fingerprint density at radius 2 is 2.12 bits per heavy atom. The van der Waals surface area contributed by atoms with E-state index in [1.165, 1.54) is 0 Å². The van der Waals surface area contributed by atoms with Crippen LogP contribution in [-0.4, -0.2) is 42.3 Å². The van der Waals surface area contributed by atoms with Gasteiger partial charge in [0.25, 0.3) is 5.91 Å². The third-order valence-corrected chi connectivity index (χ3v) is 4.26. The lowest BCUT2D eigenvalue weighted by molar-refractivity contribution is 0.0957. The van der Waals surface area contributed by atoms with E-state index in [-0.39, 0.29) is 11.9 Å². The Bertz CT molecular complexity index is 783. The molecule has 25 heavy (non-hydrogen) atoms. The molecule has 0 radical (unpaired) electrons. The molecule has 1 atom stereocenters. The molecular formula is C18H20N6O. The van der Waals surface area contributed by atoms with Gasteiger partial charge in [-0.25, -0.2) is 0 Å². The second-order valence-electron chi connectivity index (χ2n) is 5.94. The van der Waals surface area contributed by atoms with Crippen molar-refractivity contribution in [3.05, 3.63) is 47.7 Å². The molecular weight excluding hydrogens is 316 g/mol. The van der Waals surface area contributed by atoms with Crippen LogP contribution in [-0.2, 0) is 0 Å². The molecule has 0 bridgehead atoms. The van der Waals surface area contributed by atoms with Crippen molar-refractivity contribution in [2.24, 2.45) is 0 Å². The van der Waals surface area contributed by atoms with Crippen LogP contribution in [0, 0.1) is 11.3 Å². The van der Waals surface area contributed by atoms with Crippen LogP contribution in [0.25, 0.3) is 0 Å². The second-order valence-corrected chi connectivity index (χ2v) is 5.94. The van der Waals surface area contributed by atoms with E-state index >= 15 is 0 Å². The Kier molecular flexibility index (Phi) is 5.09. The summed E-state index contributed by atoms with van der Waals surface area (Å²) < 4.78 is 0. The predicted octanol–water partition coefficient (Wildman–Crippen LogP) is 1.79. The van der Waals surface area contributed by atoms with E-state index in [9.17, 15) is 10.1 Å². The second kappa shape index (κ2) is 7.62. The monoisotopic (exact) mass is 336 g/mol. The summed E-state index contributed by atoms with van der Waals surface area (Å²) in [5.74, 6) is 0.393. The Balaban J connectivity index is 1.68.